The molecule has 1 aromatic rings. The Kier molecular flexibility index (Phi) is 6.02. The monoisotopic (exact) mass is 298 g/mol. The average molecular weight is 298 g/mol. The molecule has 0 aliphatic heterocycles. The Bertz CT molecular complexity index is 437. The van der Waals surface area contributed by atoms with Crippen molar-refractivity contribution in [2.24, 2.45) is 0 Å². The third-order valence-corrected chi connectivity index (χ3v) is 4.10. The number of thiophene rings is 1. The van der Waals surface area contributed by atoms with Crippen LogP contribution in [0.2, 0.25) is 0 Å². The predicted octanol–water partition coefficient (Wildman–Crippen LogP) is 3.57. The molecule has 0 aromatic carbocycles. The molecule has 1 aromatic heterocycles. The number of aryl methyl sites for hydroxylation is 1. The predicted molar refractivity (Wildman–Crippen MR) is 84.3 cm³/mol. The summed E-state index contributed by atoms with van der Waals surface area (Å²) in [6.07, 6.45) is -0.278. The molecular formula is C15H26N2O2S. The van der Waals surface area contributed by atoms with Crippen LogP contribution in [0, 0.1) is 6.92 Å². The van der Waals surface area contributed by atoms with E-state index in [9.17, 15) is 4.79 Å². The van der Waals surface area contributed by atoms with Gasteiger partial charge in [-0.05, 0) is 51.6 Å². The summed E-state index contributed by atoms with van der Waals surface area (Å²) in [5.74, 6) is 0. The molecule has 0 radical (unpaired) electrons. The standard InChI is InChI=1S/C15H26N2O2S/c1-11-7-10-20-13(11)12(2)16-8-9-17(6)14(18)19-15(3,4)5/h7,10,12,16H,8-9H2,1-6H3. The second kappa shape index (κ2) is 7.09. The van der Waals surface area contributed by atoms with Crippen molar-refractivity contribution in [1.82, 2.24) is 10.2 Å². The minimum absolute atomic E-state index is 0.278. The zero-order valence-electron chi connectivity index (χ0n) is 13.3. The Morgan fingerprint density at radius 1 is 1.50 bits per heavy atom. The zero-order chi connectivity index (χ0) is 15.3. The first kappa shape index (κ1) is 17.0. The molecule has 1 atom stereocenters. The fourth-order valence-electron chi connectivity index (χ4n) is 1.80. The van der Waals surface area contributed by atoms with E-state index in [1.165, 1.54) is 10.4 Å². The highest BCUT2D eigenvalue weighted by molar-refractivity contribution is 7.10. The van der Waals surface area contributed by atoms with E-state index in [2.05, 4.69) is 30.6 Å². The van der Waals surface area contributed by atoms with Crippen LogP contribution in [0.5, 0.6) is 0 Å². The van der Waals surface area contributed by atoms with Crippen LogP contribution >= 0.6 is 11.3 Å². The molecule has 1 heterocycles. The van der Waals surface area contributed by atoms with Crippen LogP contribution in [0.25, 0.3) is 0 Å². The number of hydrogen-bond donors (Lipinski definition) is 1. The summed E-state index contributed by atoms with van der Waals surface area (Å²) in [6.45, 7) is 11.3. The van der Waals surface area contributed by atoms with E-state index in [0.29, 0.717) is 12.6 Å². The minimum Gasteiger partial charge on any atom is -0.444 e. The number of amides is 1. The maximum Gasteiger partial charge on any atom is 0.410 e. The highest BCUT2D eigenvalue weighted by atomic mass is 32.1. The van der Waals surface area contributed by atoms with E-state index in [0.717, 1.165) is 6.54 Å². The van der Waals surface area contributed by atoms with Gasteiger partial charge < -0.3 is 15.0 Å². The average Bonchev–Trinajstić information content (AvgIpc) is 2.72. The quantitative estimate of drug-likeness (QED) is 0.903. The van der Waals surface area contributed by atoms with Crippen LogP contribution in [-0.2, 0) is 4.74 Å². The molecular weight excluding hydrogens is 272 g/mol. The highest BCUT2D eigenvalue weighted by Gasteiger charge is 2.19. The summed E-state index contributed by atoms with van der Waals surface area (Å²) in [5.41, 5.74) is 0.871. The van der Waals surface area contributed by atoms with Crippen LogP contribution in [0.1, 0.15) is 44.2 Å². The van der Waals surface area contributed by atoms with Gasteiger partial charge in [0.05, 0.1) is 0 Å². The van der Waals surface area contributed by atoms with Gasteiger partial charge in [-0.1, -0.05) is 0 Å². The molecule has 114 valence electrons. The second-order valence-corrected chi connectivity index (χ2v) is 6.99. The first-order valence-electron chi connectivity index (χ1n) is 6.92. The van der Waals surface area contributed by atoms with Gasteiger partial charge in [0.2, 0.25) is 0 Å². The molecule has 0 saturated carbocycles. The van der Waals surface area contributed by atoms with Crippen molar-refractivity contribution in [2.45, 2.75) is 46.3 Å². The van der Waals surface area contributed by atoms with Crippen molar-refractivity contribution in [3.63, 3.8) is 0 Å². The molecule has 20 heavy (non-hydrogen) atoms. The minimum atomic E-state index is -0.444. The van der Waals surface area contributed by atoms with Crippen molar-refractivity contribution >= 4 is 17.4 Å². The summed E-state index contributed by atoms with van der Waals surface area (Å²) in [4.78, 5) is 14.8. The van der Waals surface area contributed by atoms with E-state index in [1.54, 1.807) is 23.3 Å². The van der Waals surface area contributed by atoms with Crippen LogP contribution in [0.15, 0.2) is 11.4 Å². The van der Waals surface area contributed by atoms with E-state index >= 15 is 0 Å². The molecule has 1 rings (SSSR count). The molecule has 0 aliphatic carbocycles. The van der Waals surface area contributed by atoms with E-state index in [4.69, 9.17) is 4.74 Å². The first-order valence-corrected chi connectivity index (χ1v) is 7.80. The van der Waals surface area contributed by atoms with Gasteiger partial charge >= 0.3 is 6.09 Å². The summed E-state index contributed by atoms with van der Waals surface area (Å²) in [5, 5.41) is 5.54. The topological polar surface area (TPSA) is 41.6 Å². The Labute approximate surface area is 126 Å². The number of carbonyl (C=O) groups excluding carboxylic acids is 1. The number of rotatable bonds is 5. The third kappa shape index (κ3) is 5.51. The first-order chi connectivity index (χ1) is 9.20. The molecule has 1 N–H and O–H groups in total. The largest absolute Gasteiger partial charge is 0.444 e. The Morgan fingerprint density at radius 2 is 2.15 bits per heavy atom. The summed E-state index contributed by atoms with van der Waals surface area (Å²) in [7, 11) is 1.76. The molecule has 1 unspecified atom stereocenters. The maximum absolute atomic E-state index is 11.8. The normalized spacial score (nSPS) is 13.1. The number of nitrogens with one attached hydrogen (secondary N) is 1. The number of carbonyl (C=O) groups is 1. The Balaban J connectivity index is 2.33. The van der Waals surface area contributed by atoms with E-state index in [1.807, 2.05) is 20.8 Å². The van der Waals surface area contributed by atoms with Gasteiger partial charge in [0.15, 0.2) is 0 Å². The van der Waals surface area contributed by atoms with Gasteiger partial charge in [0.25, 0.3) is 0 Å². The van der Waals surface area contributed by atoms with Crippen molar-refractivity contribution in [3.05, 3.63) is 21.9 Å². The molecule has 0 bridgehead atoms. The van der Waals surface area contributed by atoms with Gasteiger partial charge in [-0.25, -0.2) is 4.79 Å². The van der Waals surface area contributed by atoms with Gasteiger partial charge in [-0.2, -0.15) is 0 Å². The lowest BCUT2D eigenvalue weighted by atomic mass is 10.2. The molecule has 1 amide bonds. The van der Waals surface area contributed by atoms with Gasteiger partial charge in [-0.3, -0.25) is 0 Å². The number of nitrogens with zero attached hydrogens (tertiary/aromatic N) is 1. The lowest BCUT2D eigenvalue weighted by Crippen LogP contribution is -2.38. The second-order valence-electron chi connectivity index (χ2n) is 6.05. The van der Waals surface area contributed by atoms with Crippen molar-refractivity contribution in [1.29, 1.82) is 0 Å². The van der Waals surface area contributed by atoms with Crippen LogP contribution < -0.4 is 5.32 Å². The number of ether oxygens (including phenoxy) is 1. The SMILES string of the molecule is Cc1ccsc1C(C)NCCN(C)C(=O)OC(C)(C)C. The fourth-order valence-corrected chi connectivity index (χ4v) is 2.76. The lowest BCUT2D eigenvalue weighted by molar-refractivity contribution is 0.0299. The fraction of sp³-hybridized carbons (Fsp3) is 0.667. The summed E-state index contributed by atoms with van der Waals surface area (Å²) in [6, 6.07) is 2.44. The molecule has 5 heteroatoms. The third-order valence-electron chi connectivity index (χ3n) is 2.90. The van der Waals surface area contributed by atoms with Crippen LogP contribution in [0.3, 0.4) is 0 Å². The Morgan fingerprint density at radius 3 is 2.65 bits per heavy atom. The Hall–Kier alpha value is -1.07. The van der Waals surface area contributed by atoms with Gasteiger partial charge in [0.1, 0.15) is 5.60 Å². The lowest BCUT2D eigenvalue weighted by Gasteiger charge is -2.25. The molecule has 4 nitrogen and oxygen atoms in total. The van der Waals surface area contributed by atoms with Crippen molar-refractivity contribution in [3.8, 4) is 0 Å². The highest BCUT2D eigenvalue weighted by Crippen LogP contribution is 2.23. The molecule has 0 aliphatic rings. The maximum atomic E-state index is 11.8. The van der Waals surface area contributed by atoms with Crippen molar-refractivity contribution in [2.75, 3.05) is 20.1 Å². The number of hydrogen-bond acceptors (Lipinski definition) is 4. The van der Waals surface area contributed by atoms with Gasteiger partial charge in [0, 0.05) is 31.1 Å². The summed E-state index contributed by atoms with van der Waals surface area (Å²) < 4.78 is 5.31. The van der Waals surface area contributed by atoms with E-state index < -0.39 is 5.60 Å². The van der Waals surface area contributed by atoms with E-state index in [-0.39, 0.29) is 6.09 Å². The molecule has 0 spiro atoms. The van der Waals surface area contributed by atoms with Gasteiger partial charge in [-0.15, -0.1) is 11.3 Å². The molecule has 0 saturated heterocycles. The molecule has 0 fully saturated rings. The zero-order valence-corrected chi connectivity index (χ0v) is 14.1. The number of likely N-dealkylation sites (N-methyl/N-ethyl adjacent to an activating group) is 1. The van der Waals surface area contributed by atoms with Crippen LogP contribution in [0.4, 0.5) is 4.79 Å². The van der Waals surface area contributed by atoms with Crippen molar-refractivity contribution < 1.29 is 9.53 Å². The summed E-state index contributed by atoms with van der Waals surface area (Å²) >= 11 is 1.76. The van der Waals surface area contributed by atoms with Crippen LogP contribution in [-0.4, -0.2) is 36.7 Å². The smallest absolute Gasteiger partial charge is 0.410 e.